The van der Waals surface area contributed by atoms with E-state index >= 15 is 0 Å². The molecular weight excluding hydrogens is 298 g/mol. The van der Waals surface area contributed by atoms with Crippen LogP contribution in [-0.2, 0) is 19.1 Å². The van der Waals surface area contributed by atoms with Gasteiger partial charge >= 0.3 is 11.9 Å². The first-order valence-electron chi connectivity index (χ1n) is 8.24. The molecule has 0 bridgehead atoms. The third-order valence-corrected chi connectivity index (χ3v) is 5.18. The number of carboxylic acids is 1. The van der Waals surface area contributed by atoms with E-state index in [-0.39, 0.29) is 24.3 Å². The Hall–Kier alpha value is -1.85. The summed E-state index contributed by atoms with van der Waals surface area (Å²) in [6.07, 6.45) is 4.02. The highest BCUT2D eigenvalue weighted by Crippen LogP contribution is 2.47. The van der Waals surface area contributed by atoms with E-state index in [4.69, 9.17) is 4.74 Å². The van der Waals surface area contributed by atoms with Gasteiger partial charge in [0.1, 0.15) is 5.54 Å². The van der Waals surface area contributed by atoms with E-state index < -0.39 is 29.3 Å². The lowest BCUT2D eigenvalue weighted by Crippen LogP contribution is -2.49. The first-order valence-corrected chi connectivity index (χ1v) is 8.24. The van der Waals surface area contributed by atoms with Crippen molar-refractivity contribution in [1.29, 1.82) is 0 Å². The topological polar surface area (TPSA) is 92.7 Å². The summed E-state index contributed by atoms with van der Waals surface area (Å²) in [5.41, 5.74) is -1.05. The Morgan fingerprint density at radius 3 is 2.43 bits per heavy atom. The number of amides is 1. The normalized spacial score (nSPS) is 35.4. The van der Waals surface area contributed by atoms with Crippen molar-refractivity contribution in [2.24, 2.45) is 23.7 Å². The quantitative estimate of drug-likeness (QED) is 0.550. The molecule has 2 saturated carbocycles. The zero-order valence-electron chi connectivity index (χ0n) is 13.7. The van der Waals surface area contributed by atoms with E-state index in [0.717, 1.165) is 6.42 Å². The number of carbonyl (C=O) groups is 3. The summed E-state index contributed by atoms with van der Waals surface area (Å²) in [6, 6.07) is 0. The van der Waals surface area contributed by atoms with Crippen molar-refractivity contribution in [2.45, 2.75) is 45.1 Å². The van der Waals surface area contributed by atoms with Gasteiger partial charge in [0.2, 0.25) is 5.91 Å². The Balaban J connectivity index is 2.11. The third-order valence-electron chi connectivity index (χ3n) is 5.18. The SMILES string of the molecule is C=CC1CC1(NC(=O)C1CC(CC)CC1C(=O)O)C(=O)OCC. The number of ether oxygens (including phenoxy) is 1. The van der Waals surface area contributed by atoms with E-state index in [1.807, 2.05) is 6.92 Å². The van der Waals surface area contributed by atoms with Crippen molar-refractivity contribution in [1.82, 2.24) is 5.32 Å². The van der Waals surface area contributed by atoms with Gasteiger partial charge in [0.05, 0.1) is 18.4 Å². The van der Waals surface area contributed by atoms with Gasteiger partial charge in [-0.3, -0.25) is 9.59 Å². The second kappa shape index (κ2) is 6.72. The maximum Gasteiger partial charge on any atom is 0.332 e. The Bertz CT molecular complexity index is 517. The predicted octanol–water partition coefficient (Wildman–Crippen LogP) is 1.75. The number of hydrogen-bond donors (Lipinski definition) is 2. The lowest BCUT2D eigenvalue weighted by molar-refractivity contribution is -0.150. The molecule has 2 aliphatic carbocycles. The number of carbonyl (C=O) groups excluding carboxylic acids is 2. The molecule has 2 rings (SSSR count). The van der Waals surface area contributed by atoms with Crippen molar-refractivity contribution in [3.05, 3.63) is 12.7 Å². The van der Waals surface area contributed by atoms with Crippen LogP contribution in [0.1, 0.15) is 39.5 Å². The highest BCUT2D eigenvalue weighted by Gasteiger charge is 2.62. The van der Waals surface area contributed by atoms with Crippen LogP contribution in [0.3, 0.4) is 0 Å². The molecule has 0 aromatic heterocycles. The molecule has 6 nitrogen and oxygen atoms in total. The van der Waals surface area contributed by atoms with Crippen LogP contribution in [0.25, 0.3) is 0 Å². The van der Waals surface area contributed by atoms with Crippen LogP contribution >= 0.6 is 0 Å². The highest BCUT2D eigenvalue weighted by atomic mass is 16.5. The molecule has 6 heteroatoms. The van der Waals surface area contributed by atoms with Crippen LogP contribution in [0.5, 0.6) is 0 Å². The summed E-state index contributed by atoms with van der Waals surface area (Å²) >= 11 is 0. The Labute approximate surface area is 136 Å². The van der Waals surface area contributed by atoms with Gasteiger partial charge in [-0.25, -0.2) is 4.79 Å². The molecule has 0 heterocycles. The van der Waals surface area contributed by atoms with Gasteiger partial charge in [-0.2, -0.15) is 0 Å². The molecule has 1 amide bonds. The van der Waals surface area contributed by atoms with E-state index in [2.05, 4.69) is 11.9 Å². The summed E-state index contributed by atoms with van der Waals surface area (Å²) in [5.74, 6) is -2.95. The van der Waals surface area contributed by atoms with Gasteiger partial charge in [0.25, 0.3) is 0 Å². The Kier molecular flexibility index (Phi) is 5.12. The van der Waals surface area contributed by atoms with Crippen LogP contribution < -0.4 is 5.32 Å². The van der Waals surface area contributed by atoms with Crippen molar-refractivity contribution < 1.29 is 24.2 Å². The molecule has 23 heavy (non-hydrogen) atoms. The summed E-state index contributed by atoms with van der Waals surface area (Å²) in [6.45, 7) is 7.63. The predicted molar refractivity (Wildman–Crippen MR) is 83.4 cm³/mol. The summed E-state index contributed by atoms with van der Waals surface area (Å²) in [7, 11) is 0. The minimum Gasteiger partial charge on any atom is -0.481 e. The van der Waals surface area contributed by atoms with Gasteiger partial charge in [0.15, 0.2) is 0 Å². The summed E-state index contributed by atoms with van der Waals surface area (Å²) in [5, 5.41) is 12.1. The molecule has 2 N–H and O–H groups in total. The number of nitrogens with one attached hydrogen (secondary N) is 1. The van der Waals surface area contributed by atoms with Crippen molar-refractivity contribution in [3.63, 3.8) is 0 Å². The van der Waals surface area contributed by atoms with E-state index in [9.17, 15) is 19.5 Å². The number of carboxylic acid groups (broad SMARTS) is 1. The molecule has 0 radical (unpaired) electrons. The fourth-order valence-electron chi connectivity index (χ4n) is 3.61. The fraction of sp³-hybridized carbons (Fsp3) is 0.706. The monoisotopic (exact) mass is 323 g/mol. The number of rotatable bonds is 7. The van der Waals surface area contributed by atoms with Gasteiger partial charge in [-0.15, -0.1) is 6.58 Å². The van der Waals surface area contributed by atoms with E-state index in [1.165, 1.54) is 0 Å². The number of hydrogen-bond acceptors (Lipinski definition) is 4. The molecule has 2 fully saturated rings. The smallest absolute Gasteiger partial charge is 0.332 e. The van der Waals surface area contributed by atoms with Gasteiger partial charge < -0.3 is 15.2 Å². The molecule has 128 valence electrons. The lowest BCUT2D eigenvalue weighted by Gasteiger charge is -2.21. The molecule has 0 spiro atoms. The molecular formula is C17H25NO5. The van der Waals surface area contributed by atoms with Crippen LogP contribution in [-0.4, -0.2) is 35.1 Å². The van der Waals surface area contributed by atoms with Crippen LogP contribution in [0.15, 0.2) is 12.7 Å². The average molecular weight is 323 g/mol. The largest absolute Gasteiger partial charge is 0.481 e. The molecule has 2 aliphatic rings. The molecule has 5 unspecified atom stereocenters. The Morgan fingerprint density at radius 1 is 1.30 bits per heavy atom. The van der Waals surface area contributed by atoms with E-state index in [0.29, 0.717) is 19.3 Å². The number of aliphatic carboxylic acids is 1. The van der Waals surface area contributed by atoms with E-state index in [1.54, 1.807) is 13.0 Å². The van der Waals surface area contributed by atoms with Crippen molar-refractivity contribution >= 4 is 17.8 Å². The van der Waals surface area contributed by atoms with Crippen LogP contribution in [0.2, 0.25) is 0 Å². The third kappa shape index (κ3) is 3.26. The number of esters is 1. The fourth-order valence-corrected chi connectivity index (χ4v) is 3.61. The summed E-state index contributed by atoms with van der Waals surface area (Å²) < 4.78 is 5.06. The minimum atomic E-state index is -1.05. The molecule has 0 aromatic carbocycles. The minimum absolute atomic E-state index is 0.155. The van der Waals surface area contributed by atoms with Gasteiger partial charge in [-0.1, -0.05) is 19.4 Å². The van der Waals surface area contributed by atoms with Crippen LogP contribution in [0.4, 0.5) is 0 Å². The Morgan fingerprint density at radius 2 is 1.96 bits per heavy atom. The first kappa shape index (κ1) is 17.5. The molecule has 0 aliphatic heterocycles. The maximum absolute atomic E-state index is 12.6. The lowest BCUT2D eigenvalue weighted by atomic mass is 9.94. The summed E-state index contributed by atoms with van der Waals surface area (Å²) in [4.78, 5) is 36.2. The second-order valence-corrected chi connectivity index (χ2v) is 6.52. The van der Waals surface area contributed by atoms with Crippen molar-refractivity contribution in [3.8, 4) is 0 Å². The molecule has 5 atom stereocenters. The second-order valence-electron chi connectivity index (χ2n) is 6.52. The van der Waals surface area contributed by atoms with Gasteiger partial charge in [0, 0.05) is 5.92 Å². The zero-order chi connectivity index (χ0) is 17.2. The van der Waals surface area contributed by atoms with Crippen LogP contribution in [0, 0.1) is 23.7 Å². The molecule has 0 aromatic rings. The highest BCUT2D eigenvalue weighted by molar-refractivity contribution is 5.94. The van der Waals surface area contributed by atoms with Gasteiger partial charge in [-0.05, 0) is 32.1 Å². The van der Waals surface area contributed by atoms with Crippen molar-refractivity contribution in [2.75, 3.05) is 6.61 Å². The molecule has 0 saturated heterocycles. The first-order chi connectivity index (χ1) is 10.9. The maximum atomic E-state index is 12.6. The zero-order valence-corrected chi connectivity index (χ0v) is 13.7. The standard InChI is InChI=1S/C17H25NO5/c1-4-10-7-12(13(8-10)15(20)21)14(19)18-17(9-11(17)5-2)16(22)23-6-3/h5,10-13H,2,4,6-9H2,1,3H3,(H,18,19)(H,20,21). The average Bonchev–Trinajstić information content (AvgIpc) is 3.05.